The van der Waals surface area contributed by atoms with Crippen LogP contribution in [0.4, 0.5) is 5.82 Å². The average molecular weight is 511 g/mol. The van der Waals surface area contributed by atoms with E-state index in [0.717, 1.165) is 65.3 Å². The molecule has 0 bridgehead atoms. The number of hydrogen-bond donors (Lipinski definition) is 3. The third-order valence-corrected chi connectivity index (χ3v) is 7.13. The number of aliphatic imine (C=N–C) groups is 1. The van der Waals surface area contributed by atoms with Crippen LogP contribution < -0.4 is 10.1 Å². The smallest absolute Gasteiger partial charge is 0.162 e. The number of fused-ring (bicyclic) bond motifs is 1. The number of piperidine rings is 1. The summed E-state index contributed by atoms with van der Waals surface area (Å²) in [6, 6.07) is 7.98. The molecule has 0 saturated carbocycles. The summed E-state index contributed by atoms with van der Waals surface area (Å²) in [7, 11) is 0. The van der Waals surface area contributed by atoms with Crippen LogP contribution in [0.1, 0.15) is 31.0 Å². The molecule has 6 heterocycles. The number of rotatable bonds is 7. The summed E-state index contributed by atoms with van der Waals surface area (Å²) < 4.78 is 6.19. The summed E-state index contributed by atoms with van der Waals surface area (Å²) in [5.41, 5.74) is 6.58. The Morgan fingerprint density at radius 3 is 2.86 bits per heavy atom. The molecule has 6 rings (SSSR count). The number of aromatic amines is 2. The molecule has 3 N–H and O–H groups in total. The Labute approximate surface area is 217 Å². The quantitative estimate of drug-likeness (QED) is 0.253. The lowest BCUT2D eigenvalue weighted by Crippen LogP contribution is -2.34. The van der Waals surface area contributed by atoms with Gasteiger partial charge in [-0.15, -0.1) is 0 Å². The van der Waals surface area contributed by atoms with Gasteiger partial charge in [-0.1, -0.05) is 6.08 Å². The van der Waals surface area contributed by atoms with E-state index >= 15 is 0 Å². The first-order chi connectivity index (χ1) is 18.2. The van der Waals surface area contributed by atoms with Gasteiger partial charge in [-0.25, -0.2) is 15.0 Å². The molecule has 0 amide bonds. The lowest BCUT2D eigenvalue weighted by molar-refractivity contribution is 0.162. The Bertz CT molecular complexity index is 1580. The molecule has 1 saturated heterocycles. The highest BCUT2D eigenvalue weighted by Crippen LogP contribution is 2.34. The maximum Gasteiger partial charge on any atom is 0.162 e. The molecule has 0 aliphatic carbocycles. The van der Waals surface area contributed by atoms with Crippen molar-refractivity contribution < 1.29 is 4.74 Å². The number of pyridine rings is 2. The fourth-order valence-electron chi connectivity index (χ4n) is 4.59. The lowest BCUT2D eigenvalue weighted by atomic mass is 10.1. The molecule has 10 heteroatoms. The minimum Gasteiger partial charge on any atom is -0.489 e. The molecule has 1 aliphatic rings. The molecular weight excluding hydrogens is 484 g/mol. The van der Waals surface area contributed by atoms with Crippen LogP contribution in [0.2, 0.25) is 0 Å². The number of allylic oxidation sites excluding steroid dienone is 1. The van der Waals surface area contributed by atoms with Crippen molar-refractivity contribution in [3.63, 3.8) is 0 Å². The lowest BCUT2D eigenvalue weighted by Gasteiger charge is -2.23. The highest BCUT2D eigenvalue weighted by Gasteiger charge is 2.20. The number of nitrogens with zero attached hydrogens (tertiary/aromatic N) is 5. The van der Waals surface area contributed by atoms with E-state index in [4.69, 9.17) is 14.7 Å². The van der Waals surface area contributed by atoms with Crippen LogP contribution in [0.3, 0.4) is 0 Å². The number of H-pyrrole nitrogens is 2. The molecule has 186 valence electrons. The van der Waals surface area contributed by atoms with E-state index in [9.17, 15) is 0 Å². The zero-order chi connectivity index (χ0) is 25.2. The van der Waals surface area contributed by atoms with Crippen LogP contribution in [0.25, 0.3) is 39.4 Å². The summed E-state index contributed by atoms with van der Waals surface area (Å²) >= 11 is 1.64. The second-order valence-corrected chi connectivity index (χ2v) is 9.58. The van der Waals surface area contributed by atoms with Gasteiger partial charge in [0.15, 0.2) is 17.3 Å². The van der Waals surface area contributed by atoms with E-state index in [0.29, 0.717) is 22.9 Å². The van der Waals surface area contributed by atoms with Crippen molar-refractivity contribution in [1.29, 1.82) is 0 Å². The largest absolute Gasteiger partial charge is 0.489 e. The number of nitrogens with one attached hydrogen (secondary N) is 3. The third kappa shape index (κ3) is 4.56. The van der Waals surface area contributed by atoms with E-state index < -0.39 is 0 Å². The summed E-state index contributed by atoms with van der Waals surface area (Å²) in [6.45, 7) is 7.67. The van der Waals surface area contributed by atoms with Gasteiger partial charge in [0.1, 0.15) is 23.1 Å². The van der Waals surface area contributed by atoms with Gasteiger partial charge in [-0.05, 0) is 80.2 Å². The molecule has 0 radical (unpaired) electrons. The van der Waals surface area contributed by atoms with Gasteiger partial charge in [0.05, 0.1) is 17.4 Å². The summed E-state index contributed by atoms with van der Waals surface area (Å²) in [6.07, 6.45) is 7.76. The molecule has 1 fully saturated rings. The van der Waals surface area contributed by atoms with Crippen molar-refractivity contribution >= 4 is 40.5 Å². The molecule has 0 atom stereocenters. The average Bonchev–Trinajstić information content (AvgIpc) is 3.70. The minimum atomic E-state index is 0.200. The number of ether oxygens (including phenoxy) is 1. The number of thiophene rings is 1. The van der Waals surface area contributed by atoms with Crippen LogP contribution in [-0.4, -0.2) is 56.0 Å². The second-order valence-electron chi connectivity index (χ2n) is 8.80. The molecule has 37 heavy (non-hydrogen) atoms. The van der Waals surface area contributed by atoms with E-state index in [2.05, 4.69) is 48.6 Å². The first-order valence-electron chi connectivity index (χ1n) is 12.2. The Hall–Kier alpha value is -4.15. The van der Waals surface area contributed by atoms with Gasteiger partial charge in [-0.3, -0.25) is 10.1 Å². The van der Waals surface area contributed by atoms with E-state index in [1.54, 1.807) is 23.7 Å². The predicted octanol–water partition coefficient (Wildman–Crippen LogP) is 5.39. The first-order valence-corrected chi connectivity index (χ1v) is 13.1. The van der Waals surface area contributed by atoms with E-state index in [1.165, 1.54) is 0 Å². The normalized spacial score (nSPS) is 14.8. The van der Waals surface area contributed by atoms with Crippen molar-refractivity contribution in [3.8, 4) is 28.5 Å². The third-order valence-electron chi connectivity index (χ3n) is 6.45. The van der Waals surface area contributed by atoms with E-state index in [-0.39, 0.29) is 6.10 Å². The molecule has 5 aromatic rings. The fourth-order valence-corrected chi connectivity index (χ4v) is 5.25. The fraction of sp³-hybridized carbons (Fsp3) is 0.222. The molecule has 0 unspecified atom stereocenters. The number of imidazole rings is 1. The number of aromatic nitrogens is 6. The highest BCUT2D eigenvalue weighted by atomic mass is 32.1. The SMILES string of the molecule is C=Nc1[nH]c(-c2n[nH]c3ccc(-c4cncc(OC5CCNCC5)c4)nc23)nc1/C(=C\C)c1ccsc1. The van der Waals surface area contributed by atoms with Gasteiger partial charge in [0.25, 0.3) is 0 Å². The zero-order valence-electron chi connectivity index (χ0n) is 20.4. The van der Waals surface area contributed by atoms with Gasteiger partial charge >= 0.3 is 0 Å². The summed E-state index contributed by atoms with van der Waals surface area (Å²) in [5.74, 6) is 1.92. The Morgan fingerprint density at radius 1 is 1.19 bits per heavy atom. The van der Waals surface area contributed by atoms with Crippen LogP contribution in [0.5, 0.6) is 5.75 Å². The first kappa shape index (κ1) is 23.3. The van der Waals surface area contributed by atoms with Crippen LogP contribution >= 0.6 is 11.3 Å². The highest BCUT2D eigenvalue weighted by molar-refractivity contribution is 7.08. The summed E-state index contributed by atoms with van der Waals surface area (Å²) in [5, 5.41) is 15.1. The van der Waals surface area contributed by atoms with Crippen LogP contribution in [-0.2, 0) is 0 Å². The predicted molar refractivity (Wildman–Crippen MR) is 148 cm³/mol. The molecule has 0 aromatic carbocycles. The van der Waals surface area contributed by atoms with Crippen molar-refractivity contribution in [1.82, 2.24) is 35.5 Å². The Balaban J connectivity index is 1.36. The van der Waals surface area contributed by atoms with E-state index in [1.807, 2.05) is 36.6 Å². The van der Waals surface area contributed by atoms with Gasteiger partial charge in [0, 0.05) is 17.3 Å². The van der Waals surface area contributed by atoms with Crippen molar-refractivity contribution in [2.24, 2.45) is 4.99 Å². The molecule has 0 spiro atoms. The summed E-state index contributed by atoms with van der Waals surface area (Å²) in [4.78, 5) is 21.7. The van der Waals surface area contributed by atoms with Crippen LogP contribution in [0.15, 0.2) is 58.5 Å². The standard InChI is InChI=1S/C27H26N8OS/c1-3-20(16-8-11-37-15-16)23-26(28-2)33-27(32-23)25-24-22(34-35-25)5-4-21(31-24)17-12-19(14-30-13-17)36-18-6-9-29-10-7-18/h3-5,8,11-15,18,29H,2,6-7,9-10H2,1H3,(H,32,33)(H,34,35)/b20-3-. The monoisotopic (exact) mass is 510 g/mol. The minimum absolute atomic E-state index is 0.200. The Kier molecular flexibility index (Phi) is 6.33. The maximum absolute atomic E-state index is 6.19. The Morgan fingerprint density at radius 2 is 2.08 bits per heavy atom. The molecule has 1 aliphatic heterocycles. The second kappa shape index (κ2) is 10.1. The zero-order valence-corrected chi connectivity index (χ0v) is 21.2. The molecule has 5 aromatic heterocycles. The molecule has 9 nitrogen and oxygen atoms in total. The van der Waals surface area contributed by atoms with Gasteiger partial charge < -0.3 is 15.0 Å². The van der Waals surface area contributed by atoms with Gasteiger partial charge in [0.2, 0.25) is 0 Å². The number of hydrogen-bond acceptors (Lipinski definition) is 8. The van der Waals surface area contributed by atoms with Crippen molar-refractivity contribution in [3.05, 3.63) is 64.8 Å². The van der Waals surface area contributed by atoms with Crippen molar-refractivity contribution in [2.75, 3.05) is 13.1 Å². The van der Waals surface area contributed by atoms with Crippen molar-refractivity contribution in [2.45, 2.75) is 25.9 Å². The maximum atomic E-state index is 6.19. The molecular formula is C27H26N8OS. The van der Waals surface area contributed by atoms with Crippen LogP contribution in [0, 0.1) is 0 Å². The van der Waals surface area contributed by atoms with Gasteiger partial charge in [-0.2, -0.15) is 16.4 Å². The topological polar surface area (TPSA) is 117 Å².